The lowest BCUT2D eigenvalue weighted by Crippen LogP contribution is -2.16. The smallest absolute Gasteiger partial charge is 0.303 e. The van der Waals surface area contributed by atoms with Gasteiger partial charge in [0, 0.05) is 17.1 Å². The Bertz CT molecular complexity index is 1090. The molecule has 1 N–H and O–H groups in total. The molecule has 0 aliphatic carbocycles. The molecule has 0 aliphatic heterocycles. The van der Waals surface area contributed by atoms with Crippen LogP contribution in [-0.4, -0.2) is 28.5 Å². The van der Waals surface area contributed by atoms with Gasteiger partial charge < -0.3 is 5.11 Å². The van der Waals surface area contributed by atoms with Crippen LogP contribution in [0.1, 0.15) is 18.5 Å². The summed E-state index contributed by atoms with van der Waals surface area (Å²) in [5, 5.41) is 9.38. The second kappa shape index (κ2) is 7.26. The van der Waals surface area contributed by atoms with E-state index in [1.807, 2.05) is 0 Å². The Balaban J connectivity index is 2.17. The summed E-state index contributed by atoms with van der Waals surface area (Å²) < 4.78 is 27.6. The molecule has 136 valence electrons. The van der Waals surface area contributed by atoms with Crippen molar-refractivity contribution in [2.24, 2.45) is 0 Å². The highest BCUT2D eigenvalue weighted by Crippen LogP contribution is 2.28. The summed E-state index contributed by atoms with van der Waals surface area (Å²) in [5.74, 6) is -0.938. The summed E-state index contributed by atoms with van der Waals surface area (Å²) in [6.07, 6.45) is 0.497. The summed E-state index contributed by atoms with van der Waals surface area (Å²) >= 11 is 11.9. The molecule has 0 atom stereocenters. The zero-order valence-corrected chi connectivity index (χ0v) is 15.7. The minimum atomic E-state index is -3.94. The fourth-order valence-electron chi connectivity index (χ4n) is 2.70. The first-order valence-electron chi connectivity index (χ1n) is 7.69. The fraction of sp³-hybridized carbons (Fsp3) is 0.176. The van der Waals surface area contributed by atoms with Gasteiger partial charge >= 0.3 is 5.97 Å². The SMILES string of the molecule is O=C(O)CCCc1cc2nc(Cl)ccc2n1S(=O)(=O)c1cccc(Cl)c1. The van der Waals surface area contributed by atoms with Crippen molar-refractivity contribution >= 4 is 50.2 Å². The maximum absolute atomic E-state index is 13.2. The van der Waals surface area contributed by atoms with Gasteiger partial charge in [0.1, 0.15) is 5.15 Å². The van der Waals surface area contributed by atoms with Crippen LogP contribution in [-0.2, 0) is 21.2 Å². The van der Waals surface area contributed by atoms with E-state index in [-0.39, 0.29) is 22.9 Å². The zero-order valence-electron chi connectivity index (χ0n) is 13.4. The molecular formula is C17H14Cl2N2O4S. The number of rotatable bonds is 6. The molecule has 1 aromatic carbocycles. The van der Waals surface area contributed by atoms with Crippen LogP contribution in [0.5, 0.6) is 0 Å². The average molecular weight is 413 g/mol. The van der Waals surface area contributed by atoms with Crippen molar-refractivity contribution < 1.29 is 18.3 Å². The maximum atomic E-state index is 13.2. The summed E-state index contributed by atoms with van der Waals surface area (Å²) in [7, 11) is -3.94. The Morgan fingerprint density at radius 1 is 1.15 bits per heavy atom. The van der Waals surface area contributed by atoms with Crippen molar-refractivity contribution in [1.29, 1.82) is 0 Å². The molecule has 0 spiro atoms. The van der Waals surface area contributed by atoms with Crippen LogP contribution in [0.2, 0.25) is 10.2 Å². The molecule has 0 radical (unpaired) electrons. The quantitative estimate of drug-likeness (QED) is 0.618. The summed E-state index contributed by atoms with van der Waals surface area (Å²) in [5.41, 5.74) is 1.24. The number of hydrogen-bond donors (Lipinski definition) is 1. The number of hydrogen-bond acceptors (Lipinski definition) is 4. The molecule has 2 heterocycles. The number of carboxylic acids is 1. The lowest BCUT2D eigenvalue weighted by atomic mass is 10.2. The van der Waals surface area contributed by atoms with Crippen LogP contribution < -0.4 is 0 Å². The first kappa shape index (κ1) is 18.7. The molecule has 3 aromatic rings. The number of benzene rings is 1. The van der Waals surface area contributed by atoms with Crippen molar-refractivity contribution in [2.75, 3.05) is 0 Å². The van der Waals surface area contributed by atoms with Crippen LogP contribution in [0.25, 0.3) is 11.0 Å². The van der Waals surface area contributed by atoms with Crippen LogP contribution in [0.4, 0.5) is 0 Å². The lowest BCUT2D eigenvalue weighted by Gasteiger charge is -2.12. The molecule has 0 saturated heterocycles. The summed E-state index contributed by atoms with van der Waals surface area (Å²) in [6, 6.07) is 10.7. The standard InChI is InChI=1S/C17H14Cl2N2O4S/c18-11-3-1-5-13(9-11)26(24,25)21-12(4-2-6-17(22)23)10-14-15(21)7-8-16(19)20-14/h1,3,5,7-10H,2,4,6H2,(H,22,23). The number of nitrogens with zero attached hydrogens (tertiary/aromatic N) is 2. The predicted octanol–water partition coefficient (Wildman–Crippen LogP) is 3.99. The van der Waals surface area contributed by atoms with Crippen LogP contribution >= 0.6 is 23.2 Å². The Morgan fingerprint density at radius 3 is 2.62 bits per heavy atom. The Labute approximate surface area is 160 Å². The average Bonchev–Trinajstić information content (AvgIpc) is 2.92. The second-order valence-electron chi connectivity index (χ2n) is 5.65. The number of carbonyl (C=O) groups is 1. The molecule has 0 fully saturated rings. The largest absolute Gasteiger partial charge is 0.481 e. The van der Waals surface area contributed by atoms with E-state index in [0.717, 1.165) is 0 Å². The lowest BCUT2D eigenvalue weighted by molar-refractivity contribution is -0.137. The first-order chi connectivity index (χ1) is 12.3. The van der Waals surface area contributed by atoms with Crippen LogP contribution in [0.3, 0.4) is 0 Å². The highest BCUT2D eigenvalue weighted by molar-refractivity contribution is 7.90. The van der Waals surface area contributed by atoms with Crippen molar-refractivity contribution in [3.05, 3.63) is 58.3 Å². The molecule has 9 heteroatoms. The Morgan fingerprint density at radius 2 is 1.92 bits per heavy atom. The monoisotopic (exact) mass is 412 g/mol. The van der Waals surface area contributed by atoms with Crippen molar-refractivity contribution in [2.45, 2.75) is 24.2 Å². The summed E-state index contributed by atoms with van der Waals surface area (Å²) in [4.78, 5) is 15.0. The van der Waals surface area contributed by atoms with Gasteiger partial charge in [0.25, 0.3) is 10.0 Å². The van der Waals surface area contributed by atoms with Gasteiger partial charge in [0.15, 0.2) is 0 Å². The van der Waals surface area contributed by atoms with Crippen molar-refractivity contribution in [3.8, 4) is 0 Å². The fourth-order valence-corrected chi connectivity index (χ4v) is 4.72. The highest BCUT2D eigenvalue weighted by Gasteiger charge is 2.24. The third-order valence-electron chi connectivity index (χ3n) is 3.81. The van der Waals surface area contributed by atoms with E-state index in [0.29, 0.717) is 28.2 Å². The van der Waals surface area contributed by atoms with E-state index < -0.39 is 16.0 Å². The molecule has 0 unspecified atom stereocenters. The molecular weight excluding hydrogens is 399 g/mol. The molecule has 0 bridgehead atoms. The van der Waals surface area contributed by atoms with Crippen LogP contribution in [0, 0.1) is 0 Å². The van der Waals surface area contributed by atoms with Gasteiger partial charge in [-0.15, -0.1) is 0 Å². The predicted molar refractivity (Wildman–Crippen MR) is 99.4 cm³/mol. The van der Waals surface area contributed by atoms with E-state index in [1.54, 1.807) is 24.3 Å². The number of aliphatic carboxylic acids is 1. The van der Waals surface area contributed by atoms with E-state index in [9.17, 15) is 13.2 Å². The normalized spacial score (nSPS) is 11.8. The number of aryl methyl sites for hydroxylation is 1. The molecule has 0 amide bonds. The molecule has 26 heavy (non-hydrogen) atoms. The van der Waals surface area contributed by atoms with Gasteiger partial charge in [-0.05, 0) is 49.2 Å². The third-order valence-corrected chi connectivity index (χ3v) is 6.02. The Hall–Kier alpha value is -2.09. The van der Waals surface area contributed by atoms with E-state index in [1.165, 1.54) is 22.2 Å². The Kier molecular flexibility index (Phi) is 5.22. The maximum Gasteiger partial charge on any atom is 0.303 e. The van der Waals surface area contributed by atoms with Gasteiger partial charge in [-0.2, -0.15) is 0 Å². The van der Waals surface area contributed by atoms with Gasteiger partial charge in [-0.3, -0.25) is 4.79 Å². The zero-order chi connectivity index (χ0) is 18.9. The topological polar surface area (TPSA) is 89.3 Å². The minimum absolute atomic E-state index is 0.0388. The highest BCUT2D eigenvalue weighted by atomic mass is 35.5. The van der Waals surface area contributed by atoms with E-state index in [2.05, 4.69) is 4.98 Å². The van der Waals surface area contributed by atoms with Gasteiger partial charge in [0.05, 0.1) is 15.9 Å². The minimum Gasteiger partial charge on any atom is -0.481 e. The van der Waals surface area contributed by atoms with Gasteiger partial charge in [-0.1, -0.05) is 29.3 Å². The molecule has 2 aromatic heterocycles. The van der Waals surface area contributed by atoms with Gasteiger partial charge in [-0.25, -0.2) is 17.4 Å². The van der Waals surface area contributed by atoms with Crippen molar-refractivity contribution in [1.82, 2.24) is 8.96 Å². The van der Waals surface area contributed by atoms with Crippen molar-refractivity contribution in [3.63, 3.8) is 0 Å². The van der Waals surface area contributed by atoms with Gasteiger partial charge in [0.2, 0.25) is 0 Å². The molecule has 6 nitrogen and oxygen atoms in total. The summed E-state index contributed by atoms with van der Waals surface area (Å²) in [6.45, 7) is 0. The number of pyridine rings is 1. The number of aromatic nitrogens is 2. The van der Waals surface area contributed by atoms with Crippen LogP contribution in [0.15, 0.2) is 47.4 Å². The number of carboxylic acid groups (broad SMARTS) is 1. The number of halogens is 2. The van der Waals surface area contributed by atoms with E-state index in [4.69, 9.17) is 28.3 Å². The molecule has 0 aliphatic rings. The second-order valence-corrected chi connectivity index (χ2v) is 8.26. The number of fused-ring (bicyclic) bond motifs is 1. The molecule has 3 rings (SSSR count). The first-order valence-corrected chi connectivity index (χ1v) is 9.88. The third kappa shape index (κ3) is 3.70. The van der Waals surface area contributed by atoms with E-state index >= 15 is 0 Å². The molecule has 0 saturated carbocycles.